The number of hydrogen-bond donors (Lipinski definition) is 0. The summed E-state index contributed by atoms with van der Waals surface area (Å²) in [5.74, 6) is 1.06. The molecule has 0 aromatic heterocycles. The molecule has 5 heteroatoms. The van der Waals surface area contributed by atoms with Crippen molar-refractivity contribution in [1.82, 2.24) is 0 Å². The Morgan fingerprint density at radius 3 is 1.30 bits per heavy atom. The molecule has 0 amide bonds. The molecule has 6 aromatic carbocycles. The molecule has 0 aliphatic carbocycles. The van der Waals surface area contributed by atoms with Gasteiger partial charge in [0.05, 0.1) is 27.9 Å². The van der Waals surface area contributed by atoms with Crippen LogP contribution in [0.3, 0.4) is 0 Å². The summed E-state index contributed by atoms with van der Waals surface area (Å²) in [4.78, 5) is 0. The van der Waals surface area contributed by atoms with Crippen LogP contribution in [0.1, 0.15) is 33.4 Å². The van der Waals surface area contributed by atoms with Crippen molar-refractivity contribution in [2.24, 2.45) is 10.2 Å². The lowest BCUT2D eigenvalue weighted by molar-refractivity contribution is 0.482. The minimum atomic E-state index is -0.516. The van der Waals surface area contributed by atoms with E-state index < -0.39 is 5.41 Å². The maximum Gasteiger partial charge on any atom is 0.128 e. The molecule has 0 atom stereocenters. The average molecular weight is 567 g/mol. The molecule has 0 unspecified atom stereocenters. The van der Waals surface area contributed by atoms with Crippen molar-refractivity contribution in [1.29, 1.82) is 10.5 Å². The highest BCUT2D eigenvalue weighted by molar-refractivity contribution is 5.61. The van der Waals surface area contributed by atoms with E-state index >= 15 is 0 Å². The van der Waals surface area contributed by atoms with Gasteiger partial charge in [0.1, 0.15) is 23.6 Å². The van der Waals surface area contributed by atoms with Gasteiger partial charge in [-0.25, -0.2) is 0 Å². The second kappa shape index (κ2) is 12.7. The van der Waals surface area contributed by atoms with E-state index in [2.05, 4.69) is 95.2 Å². The van der Waals surface area contributed by atoms with E-state index in [1.165, 1.54) is 16.7 Å². The summed E-state index contributed by atoms with van der Waals surface area (Å²) in [6.45, 7) is 0. The van der Waals surface area contributed by atoms with Crippen molar-refractivity contribution in [3.8, 4) is 23.6 Å². The predicted molar refractivity (Wildman–Crippen MR) is 171 cm³/mol. The first-order valence-electron chi connectivity index (χ1n) is 14.1. The van der Waals surface area contributed by atoms with Gasteiger partial charge in [-0.2, -0.15) is 20.8 Å². The van der Waals surface area contributed by atoms with Crippen molar-refractivity contribution in [3.63, 3.8) is 0 Å². The van der Waals surface area contributed by atoms with Gasteiger partial charge in [0.15, 0.2) is 0 Å². The Morgan fingerprint density at radius 2 is 0.841 bits per heavy atom. The van der Waals surface area contributed by atoms with Gasteiger partial charge in [0.2, 0.25) is 0 Å². The van der Waals surface area contributed by atoms with Gasteiger partial charge in [-0.1, -0.05) is 103 Å². The molecule has 208 valence electrons. The Balaban J connectivity index is 1.28. The third-order valence-electron chi connectivity index (χ3n) is 7.51. The molecule has 0 radical (unpaired) electrons. The fourth-order valence-corrected chi connectivity index (χ4v) is 5.45. The molecule has 0 bridgehead atoms. The summed E-state index contributed by atoms with van der Waals surface area (Å²) in [5.41, 5.74) is 6.15. The van der Waals surface area contributed by atoms with E-state index in [1.807, 2.05) is 54.6 Å². The van der Waals surface area contributed by atoms with Gasteiger partial charge < -0.3 is 4.74 Å². The summed E-state index contributed by atoms with van der Waals surface area (Å²) in [6.07, 6.45) is 0. The van der Waals surface area contributed by atoms with Crippen molar-refractivity contribution >= 4 is 11.4 Å². The number of nitrogens with zero attached hydrogens (tertiary/aromatic N) is 4. The standard InChI is InChI=1S/C39H26N4O/c40-27-29-16-23-38(26-30(29)28-41)44-37-24-21-36(22-25-37)43-42-35-19-17-34(18-20-35)39(31-10-4-1-5-11-31,32-12-6-2-7-13-32)33-14-8-3-9-15-33/h1-26H. The van der Waals surface area contributed by atoms with Crippen LogP contribution >= 0.6 is 0 Å². The Bertz CT molecular complexity index is 1880. The van der Waals surface area contributed by atoms with E-state index in [4.69, 9.17) is 10.00 Å². The average Bonchev–Trinajstić information content (AvgIpc) is 3.10. The molecule has 0 aliphatic heterocycles. The number of nitriles is 2. The van der Waals surface area contributed by atoms with Crippen molar-refractivity contribution in [2.75, 3.05) is 0 Å². The minimum Gasteiger partial charge on any atom is -0.457 e. The van der Waals surface area contributed by atoms with Crippen molar-refractivity contribution in [3.05, 3.63) is 191 Å². The van der Waals surface area contributed by atoms with Gasteiger partial charge in [-0.3, -0.25) is 0 Å². The zero-order valence-electron chi connectivity index (χ0n) is 23.7. The molecular formula is C39H26N4O. The Labute approximate surface area is 256 Å². The quantitative estimate of drug-likeness (QED) is 0.136. The number of hydrogen-bond acceptors (Lipinski definition) is 5. The third kappa shape index (κ3) is 5.59. The molecule has 5 nitrogen and oxygen atoms in total. The molecule has 44 heavy (non-hydrogen) atoms. The van der Waals surface area contributed by atoms with Crippen LogP contribution in [0, 0.1) is 22.7 Å². The SMILES string of the molecule is N#Cc1ccc(Oc2ccc(N=Nc3ccc(C(c4ccccc4)(c4ccccc4)c4ccccc4)cc3)cc2)cc1C#N. The van der Waals surface area contributed by atoms with Gasteiger partial charge >= 0.3 is 0 Å². The number of benzene rings is 6. The monoisotopic (exact) mass is 566 g/mol. The van der Waals surface area contributed by atoms with Crippen LogP contribution in [0.5, 0.6) is 11.5 Å². The van der Waals surface area contributed by atoms with Crippen molar-refractivity contribution < 1.29 is 4.74 Å². The highest BCUT2D eigenvalue weighted by Crippen LogP contribution is 2.45. The summed E-state index contributed by atoms with van der Waals surface area (Å²) in [5, 5.41) is 27.3. The molecular weight excluding hydrogens is 540 g/mol. The summed E-state index contributed by atoms with van der Waals surface area (Å²) < 4.78 is 5.86. The molecule has 0 N–H and O–H groups in total. The predicted octanol–water partition coefficient (Wildman–Crippen LogP) is 10.0. The Morgan fingerprint density at radius 1 is 0.432 bits per heavy atom. The van der Waals surface area contributed by atoms with Crippen LogP contribution in [0.15, 0.2) is 168 Å². The normalized spacial score (nSPS) is 11.0. The van der Waals surface area contributed by atoms with E-state index in [-0.39, 0.29) is 5.56 Å². The molecule has 0 aliphatic rings. The molecule has 6 aromatic rings. The fraction of sp³-hybridized carbons (Fsp3) is 0.0256. The van der Waals surface area contributed by atoms with E-state index in [1.54, 1.807) is 30.3 Å². The topological polar surface area (TPSA) is 81.5 Å². The molecule has 0 heterocycles. The number of azo groups is 1. The van der Waals surface area contributed by atoms with Gasteiger partial charge in [-0.05, 0) is 76.9 Å². The first kappa shape index (κ1) is 27.8. The minimum absolute atomic E-state index is 0.273. The van der Waals surface area contributed by atoms with Crippen LogP contribution in [-0.2, 0) is 5.41 Å². The van der Waals surface area contributed by atoms with E-state index in [0.29, 0.717) is 22.7 Å². The highest BCUT2D eigenvalue weighted by Gasteiger charge is 2.38. The zero-order valence-corrected chi connectivity index (χ0v) is 23.7. The van der Waals surface area contributed by atoms with Gasteiger partial charge in [-0.15, -0.1) is 0 Å². The lowest BCUT2D eigenvalue weighted by Gasteiger charge is -2.36. The van der Waals surface area contributed by atoms with Gasteiger partial charge in [0.25, 0.3) is 0 Å². The maximum absolute atomic E-state index is 9.26. The first-order chi connectivity index (χ1) is 21.7. The molecule has 0 saturated heterocycles. The van der Waals surface area contributed by atoms with Crippen molar-refractivity contribution in [2.45, 2.75) is 5.41 Å². The van der Waals surface area contributed by atoms with E-state index in [0.717, 1.165) is 11.3 Å². The lowest BCUT2D eigenvalue weighted by Crippen LogP contribution is -2.30. The summed E-state index contributed by atoms with van der Waals surface area (Å²) >= 11 is 0. The third-order valence-corrected chi connectivity index (χ3v) is 7.51. The highest BCUT2D eigenvalue weighted by atomic mass is 16.5. The lowest BCUT2D eigenvalue weighted by atomic mass is 9.65. The van der Waals surface area contributed by atoms with Crippen LogP contribution in [0.2, 0.25) is 0 Å². The molecule has 0 spiro atoms. The van der Waals surface area contributed by atoms with Crippen LogP contribution < -0.4 is 4.74 Å². The maximum atomic E-state index is 9.26. The van der Waals surface area contributed by atoms with Crippen LogP contribution in [0.25, 0.3) is 0 Å². The number of ether oxygens (including phenoxy) is 1. The second-order valence-corrected chi connectivity index (χ2v) is 10.1. The molecule has 6 rings (SSSR count). The number of rotatable bonds is 8. The summed E-state index contributed by atoms with van der Waals surface area (Å²) in [7, 11) is 0. The Kier molecular flexibility index (Phi) is 8.04. The smallest absolute Gasteiger partial charge is 0.128 e. The molecule has 0 fully saturated rings. The molecule has 0 saturated carbocycles. The van der Waals surface area contributed by atoms with Gasteiger partial charge in [0, 0.05) is 0 Å². The Hall–Kier alpha value is -6.30. The van der Waals surface area contributed by atoms with E-state index in [9.17, 15) is 5.26 Å². The van der Waals surface area contributed by atoms with Crippen LogP contribution in [0.4, 0.5) is 11.4 Å². The van der Waals surface area contributed by atoms with Crippen LogP contribution in [-0.4, -0.2) is 0 Å². The largest absolute Gasteiger partial charge is 0.457 e. The zero-order chi connectivity index (χ0) is 30.2. The fourth-order valence-electron chi connectivity index (χ4n) is 5.45. The first-order valence-corrected chi connectivity index (χ1v) is 14.1. The second-order valence-electron chi connectivity index (χ2n) is 10.1. The summed E-state index contributed by atoms with van der Waals surface area (Å²) in [6, 6.07) is 56.0.